The molecule has 0 aliphatic rings. The predicted octanol–water partition coefficient (Wildman–Crippen LogP) is 3.79. The summed E-state index contributed by atoms with van der Waals surface area (Å²) in [5.74, 6) is 0.113. The Hall–Kier alpha value is -1.39. The Morgan fingerprint density at radius 2 is 1.86 bits per heavy atom. The molecule has 1 aromatic rings. The Bertz CT molecular complexity index is 428. The molecule has 0 fully saturated rings. The quantitative estimate of drug-likeness (QED) is 0.375. The number of rotatable bonds is 10. The maximum Gasteiger partial charge on any atom is 0.311 e. The molecular formula is C18H28O4. The maximum absolute atomic E-state index is 11.8. The first kappa shape index (κ1) is 18.7. The van der Waals surface area contributed by atoms with E-state index < -0.39 is 5.41 Å². The van der Waals surface area contributed by atoms with Gasteiger partial charge in [-0.25, -0.2) is 0 Å². The molecule has 0 aromatic heterocycles. The Labute approximate surface area is 133 Å². The molecule has 0 aliphatic heterocycles. The standard InChI is InChI=1S/C18H28O4/c1-5-22-17(19)18(3,4)11-15(2)12-20-14-21-13-16-9-7-6-8-10-16/h6-10,15H,5,11-14H2,1-4H3/t15-/m1/s1. The van der Waals surface area contributed by atoms with Gasteiger partial charge in [-0.3, -0.25) is 4.79 Å². The van der Waals surface area contributed by atoms with Crippen molar-refractivity contribution in [3.8, 4) is 0 Å². The third-order valence-corrected chi connectivity index (χ3v) is 3.37. The molecule has 0 heterocycles. The fourth-order valence-electron chi connectivity index (χ4n) is 2.38. The summed E-state index contributed by atoms with van der Waals surface area (Å²) in [6.45, 7) is 9.50. The number of esters is 1. The van der Waals surface area contributed by atoms with Gasteiger partial charge in [0.05, 0.1) is 25.2 Å². The molecule has 4 nitrogen and oxygen atoms in total. The van der Waals surface area contributed by atoms with Crippen molar-refractivity contribution in [2.45, 2.75) is 40.7 Å². The molecule has 0 unspecified atom stereocenters. The number of hydrogen-bond acceptors (Lipinski definition) is 4. The van der Waals surface area contributed by atoms with Crippen LogP contribution < -0.4 is 0 Å². The minimum absolute atomic E-state index is 0.151. The van der Waals surface area contributed by atoms with Crippen LogP contribution in [-0.2, 0) is 25.6 Å². The fraction of sp³-hybridized carbons (Fsp3) is 0.611. The highest BCUT2D eigenvalue weighted by atomic mass is 16.7. The van der Waals surface area contributed by atoms with Gasteiger partial charge < -0.3 is 14.2 Å². The number of ether oxygens (including phenoxy) is 3. The van der Waals surface area contributed by atoms with E-state index in [-0.39, 0.29) is 18.7 Å². The molecule has 4 heteroatoms. The summed E-state index contributed by atoms with van der Waals surface area (Å²) < 4.78 is 16.1. The molecule has 0 amide bonds. The second-order valence-electron chi connectivity index (χ2n) is 6.24. The SMILES string of the molecule is CCOC(=O)C(C)(C)C[C@@H](C)COCOCc1ccccc1. The van der Waals surface area contributed by atoms with E-state index in [1.807, 2.05) is 51.1 Å². The fourth-order valence-corrected chi connectivity index (χ4v) is 2.38. The molecule has 0 aliphatic carbocycles. The van der Waals surface area contributed by atoms with Crippen molar-refractivity contribution in [3.63, 3.8) is 0 Å². The predicted molar refractivity (Wildman–Crippen MR) is 86.2 cm³/mol. The average Bonchev–Trinajstić information content (AvgIpc) is 2.47. The van der Waals surface area contributed by atoms with Gasteiger partial charge in [-0.05, 0) is 38.7 Å². The lowest BCUT2D eigenvalue weighted by atomic mass is 9.84. The molecule has 1 aromatic carbocycles. The Morgan fingerprint density at radius 3 is 2.50 bits per heavy atom. The van der Waals surface area contributed by atoms with E-state index in [0.29, 0.717) is 19.8 Å². The second kappa shape index (κ2) is 9.59. The van der Waals surface area contributed by atoms with E-state index in [2.05, 4.69) is 6.92 Å². The van der Waals surface area contributed by atoms with Gasteiger partial charge in [-0.15, -0.1) is 0 Å². The first-order valence-corrected chi connectivity index (χ1v) is 7.82. The van der Waals surface area contributed by atoms with Gasteiger partial charge in [0.15, 0.2) is 0 Å². The van der Waals surface area contributed by atoms with E-state index in [1.165, 1.54) is 0 Å². The van der Waals surface area contributed by atoms with Gasteiger partial charge in [0.2, 0.25) is 0 Å². The molecule has 124 valence electrons. The Kier molecular flexibility index (Phi) is 8.13. The van der Waals surface area contributed by atoms with Crippen LogP contribution in [0.4, 0.5) is 0 Å². The number of benzene rings is 1. The monoisotopic (exact) mass is 308 g/mol. The van der Waals surface area contributed by atoms with Crippen LogP contribution in [0.25, 0.3) is 0 Å². The zero-order valence-electron chi connectivity index (χ0n) is 14.1. The summed E-state index contributed by atoms with van der Waals surface area (Å²) in [5, 5.41) is 0. The number of carbonyl (C=O) groups is 1. The third kappa shape index (κ3) is 7.05. The number of carbonyl (C=O) groups excluding carboxylic acids is 1. The summed E-state index contributed by atoms with van der Waals surface area (Å²) in [4.78, 5) is 11.8. The van der Waals surface area contributed by atoms with E-state index in [9.17, 15) is 4.79 Å². The van der Waals surface area contributed by atoms with Gasteiger partial charge in [-0.1, -0.05) is 37.3 Å². The summed E-state index contributed by atoms with van der Waals surface area (Å²) in [7, 11) is 0. The van der Waals surface area contributed by atoms with E-state index >= 15 is 0 Å². The van der Waals surface area contributed by atoms with Crippen LogP contribution >= 0.6 is 0 Å². The van der Waals surface area contributed by atoms with Crippen LogP contribution in [0.5, 0.6) is 0 Å². The van der Waals surface area contributed by atoms with Crippen molar-refractivity contribution in [2.75, 3.05) is 20.0 Å². The molecule has 0 spiro atoms. The van der Waals surface area contributed by atoms with Crippen molar-refractivity contribution >= 4 is 5.97 Å². The minimum atomic E-state index is -0.482. The Morgan fingerprint density at radius 1 is 1.18 bits per heavy atom. The van der Waals surface area contributed by atoms with Crippen LogP contribution in [0.15, 0.2) is 30.3 Å². The van der Waals surface area contributed by atoms with Crippen molar-refractivity contribution in [3.05, 3.63) is 35.9 Å². The normalized spacial score (nSPS) is 12.9. The lowest BCUT2D eigenvalue weighted by Gasteiger charge is -2.25. The first-order valence-electron chi connectivity index (χ1n) is 7.82. The molecule has 22 heavy (non-hydrogen) atoms. The third-order valence-electron chi connectivity index (χ3n) is 3.37. The van der Waals surface area contributed by atoms with Crippen LogP contribution in [0.3, 0.4) is 0 Å². The number of hydrogen-bond donors (Lipinski definition) is 0. The Balaban J connectivity index is 2.17. The second-order valence-corrected chi connectivity index (χ2v) is 6.24. The van der Waals surface area contributed by atoms with Crippen molar-refractivity contribution in [2.24, 2.45) is 11.3 Å². The van der Waals surface area contributed by atoms with Gasteiger partial charge in [0.1, 0.15) is 6.79 Å². The molecular weight excluding hydrogens is 280 g/mol. The molecule has 0 saturated carbocycles. The summed E-state index contributed by atoms with van der Waals surface area (Å²) >= 11 is 0. The molecule has 1 atom stereocenters. The highest BCUT2D eigenvalue weighted by Gasteiger charge is 2.30. The zero-order chi connectivity index (χ0) is 16.4. The van der Waals surface area contributed by atoms with Crippen molar-refractivity contribution in [1.29, 1.82) is 0 Å². The first-order chi connectivity index (χ1) is 10.5. The molecule has 1 rings (SSSR count). The molecule has 0 radical (unpaired) electrons. The van der Waals surface area contributed by atoms with E-state index in [0.717, 1.165) is 12.0 Å². The molecule has 0 N–H and O–H groups in total. The van der Waals surface area contributed by atoms with Crippen LogP contribution in [0.2, 0.25) is 0 Å². The van der Waals surface area contributed by atoms with Crippen LogP contribution in [0.1, 0.15) is 39.7 Å². The van der Waals surface area contributed by atoms with Crippen molar-refractivity contribution in [1.82, 2.24) is 0 Å². The van der Waals surface area contributed by atoms with Gasteiger partial charge in [0.25, 0.3) is 0 Å². The van der Waals surface area contributed by atoms with Gasteiger partial charge in [-0.2, -0.15) is 0 Å². The summed E-state index contributed by atoms with van der Waals surface area (Å²) in [6, 6.07) is 9.99. The summed E-state index contributed by atoms with van der Waals surface area (Å²) in [5.41, 5.74) is 0.645. The minimum Gasteiger partial charge on any atom is -0.466 e. The average molecular weight is 308 g/mol. The highest BCUT2D eigenvalue weighted by Crippen LogP contribution is 2.27. The largest absolute Gasteiger partial charge is 0.466 e. The summed E-state index contributed by atoms with van der Waals surface area (Å²) in [6.07, 6.45) is 0.727. The van der Waals surface area contributed by atoms with E-state index in [1.54, 1.807) is 0 Å². The molecule has 0 bridgehead atoms. The smallest absolute Gasteiger partial charge is 0.311 e. The lowest BCUT2D eigenvalue weighted by molar-refractivity contribution is -0.154. The van der Waals surface area contributed by atoms with Gasteiger partial charge >= 0.3 is 5.97 Å². The van der Waals surface area contributed by atoms with Crippen molar-refractivity contribution < 1.29 is 19.0 Å². The molecule has 0 saturated heterocycles. The zero-order valence-corrected chi connectivity index (χ0v) is 14.1. The van der Waals surface area contributed by atoms with E-state index in [4.69, 9.17) is 14.2 Å². The van der Waals surface area contributed by atoms with Gasteiger partial charge in [0, 0.05) is 0 Å². The maximum atomic E-state index is 11.8. The lowest BCUT2D eigenvalue weighted by Crippen LogP contribution is -2.29. The topological polar surface area (TPSA) is 44.8 Å². The van der Waals surface area contributed by atoms with Crippen LogP contribution in [-0.4, -0.2) is 26.0 Å². The highest BCUT2D eigenvalue weighted by molar-refractivity contribution is 5.75. The van der Waals surface area contributed by atoms with Crippen LogP contribution in [0, 0.1) is 11.3 Å².